The summed E-state index contributed by atoms with van der Waals surface area (Å²) in [5.74, 6) is 1.18. The number of hydrogen-bond acceptors (Lipinski definition) is 3. The molecule has 7 heteroatoms. The van der Waals surface area contributed by atoms with Crippen LogP contribution in [0.3, 0.4) is 0 Å². The SMILES string of the molecule is CCc1c(C)cc(C)c(CC)c1-c1cnn(-c2[c-]c(Oc3[c-]c4c(cc3)c3ccccc3n4-c3cc(F)ccn3)ccc2)c1.[Pt+2]. The van der Waals surface area contributed by atoms with Gasteiger partial charge in [0.2, 0.25) is 0 Å². The standard InChI is InChI=1S/C38H31FN4O.Pt/c1-5-31-24(3)18-25(4)32(6-2)38(31)26-22-41-42(23-26)28-10-9-11-29(20-28)44-30-14-15-34-33-12-7-8-13-35(33)43(36(34)21-30)37-19-27(39)16-17-40-37;/h7-19,22-23H,5-6H2,1-4H3;/q-2;+2. The first-order valence-electron chi connectivity index (χ1n) is 14.9. The van der Waals surface area contributed by atoms with Gasteiger partial charge in [0.05, 0.1) is 6.20 Å². The molecule has 0 spiro atoms. The molecular weight excluding hydrogens is 743 g/mol. The maximum Gasteiger partial charge on any atom is 2.00 e. The smallest absolute Gasteiger partial charge is 0.509 e. The van der Waals surface area contributed by atoms with Gasteiger partial charge in [0.1, 0.15) is 11.6 Å². The third-order valence-corrected chi connectivity index (χ3v) is 8.28. The largest absolute Gasteiger partial charge is 2.00 e. The van der Waals surface area contributed by atoms with E-state index in [0.29, 0.717) is 17.3 Å². The van der Waals surface area contributed by atoms with Crippen LogP contribution < -0.4 is 4.74 Å². The molecular formula is C38H31FN4OPt. The summed E-state index contributed by atoms with van der Waals surface area (Å²) in [6.45, 7) is 8.80. The summed E-state index contributed by atoms with van der Waals surface area (Å²) in [4.78, 5) is 4.44. The number of halogens is 1. The molecule has 0 radical (unpaired) electrons. The van der Waals surface area contributed by atoms with Gasteiger partial charge in [-0.1, -0.05) is 43.6 Å². The van der Waals surface area contributed by atoms with Gasteiger partial charge < -0.3 is 9.30 Å². The van der Waals surface area contributed by atoms with Crippen molar-refractivity contribution in [3.05, 3.63) is 132 Å². The normalized spacial score (nSPS) is 11.2. The van der Waals surface area contributed by atoms with Crippen LogP contribution in [0.15, 0.2) is 91.4 Å². The van der Waals surface area contributed by atoms with Crippen molar-refractivity contribution in [1.29, 1.82) is 0 Å². The summed E-state index contributed by atoms with van der Waals surface area (Å²) in [6.07, 6.45) is 7.41. The van der Waals surface area contributed by atoms with Crippen LogP contribution in [0.25, 0.3) is 44.4 Å². The van der Waals surface area contributed by atoms with Gasteiger partial charge >= 0.3 is 21.1 Å². The summed E-state index contributed by atoms with van der Waals surface area (Å²) in [6, 6.07) is 29.5. The average molecular weight is 774 g/mol. The molecule has 4 aromatic carbocycles. The first-order chi connectivity index (χ1) is 21.4. The molecule has 45 heavy (non-hydrogen) atoms. The van der Waals surface area contributed by atoms with Gasteiger partial charge in [-0.3, -0.25) is 4.68 Å². The van der Waals surface area contributed by atoms with E-state index in [1.165, 1.54) is 46.1 Å². The number of pyridine rings is 1. The average Bonchev–Trinajstić information content (AvgIpc) is 3.64. The van der Waals surface area contributed by atoms with Crippen molar-refractivity contribution in [3.8, 4) is 34.1 Å². The fraction of sp³-hybridized carbons (Fsp3) is 0.158. The van der Waals surface area contributed by atoms with Crippen LogP contribution in [0.2, 0.25) is 0 Å². The minimum Gasteiger partial charge on any atom is -0.509 e. The van der Waals surface area contributed by atoms with E-state index >= 15 is 0 Å². The number of aryl methyl sites for hydroxylation is 2. The van der Waals surface area contributed by atoms with E-state index in [4.69, 9.17) is 9.84 Å². The Balaban J connectivity index is 0.00000357. The summed E-state index contributed by atoms with van der Waals surface area (Å²) < 4.78 is 24.3. The van der Waals surface area contributed by atoms with E-state index < -0.39 is 0 Å². The topological polar surface area (TPSA) is 44.9 Å². The molecule has 5 nitrogen and oxygen atoms in total. The van der Waals surface area contributed by atoms with E-state index in [-0.39, 0.29) is 26.9 Å². The van der Waals surface area contributed by atoms with Crippen LogP contribution in [0.1, 0.15) is 36.1 Å². The first-order valence-corrected chi connectivity index (χ1v) is 14.9. The molecule has 0 saturated heterocycles. The third kappa shape index (κ3) is 5.49. The first kappa shape index (κ1) is 30.5. The number of fused-ring (bicyclic) bond motifs is 3. The van der Waals surface area contributed by atoms with Crippen molar-refractivity contribution >= 4 is 21.8 Å². The second kappa shape index (κ2) is 12.5. The monoisotopic (exact) mass is 773 g/mol. The number of rotatable bonds is 7. The minimum atomic E-state index is -0.351. The Hall–Kier alpha value is -4.54. The second-order valence-corrected chi connectivity index (χ2v) is 11.0. The Bertz CT molecular complexity index is 2150. The third-order valence-electron chi connectivity index (χ3n) is 8.28. The molecule has 0 saturated carbocycles. The van der Waals surface area contributed by atoms with E-state index in [1.54, 1.807) is 0 Å². The predicted molar refractivity (Wildman–Crippen MR) is 174 cm³/mol. The van der Waals surface area contributed by atoms with Crippen LogP contribution in [-0.2, 0) is 33.9 Å². The van der Waals surface area contributed by atoms with Gasteiger partial charge in [-0.2, -0.15) is 17.2 Å². The number of ether oxygens (including phenoxy) is 1. The maximum absolute atomic E-state index is 14.2. The summed E-state index contributed by atoms with van der Waals surface area (Å²) in [5, 5.41) is 6.73. The Morgan fingerprint density at radius 1 is 0.822 bits per heavy atom. The number of nitrogens with zero attached hydrogens (tertiary/aromatic N) is 4. The molecule has 0 fully saturated rings. The molecule has 7 rings (SSSR count). The second-order valence-electron chi connectivity index (χ2n) is 11.0. The summed E-state index contributed by atoms with van der Waals surface area (Å²) in [7, 11) is 0. The quantitative estimate of drug-likeness (QED) is 0.152. The molecule has 0 atom stereocenters. The van der Waals surface area contributed by atoms with Gasteiger partial charge in [-0.05, 0) is 77.7 Å². The van der Waals surface area contributed by atoms with Crippen molar-refractivity contribution in [2.75, 3.05) is 0 Å². The van der Waals surface area contributed by atoms with Crippen molar-refractivity contribution < 1.29 is 30.2 Å². The molecule has 0 aliphatic carbocycles. The number of hydrogen-bond donors (Lipinski definition) is 0. The number of aromatic nitrogens is 4. The van der Waals surface area contributed by atoms with Gasteiger partial charge in [0.25, 0.3) is 0 Å². The van der Waals surface area contributed by atoms with Crippen LogP contribution in [0, 0.1) is 31.8 Å². The zero-order valence-electron chi connectivity index (χ0n) is 25.5. The maximum atomic E-state index is 14.2. The van der Waals surface area contributed by atoms with E-state index in [2.05, 4.69) is 57.1 Å². The number of para-hydroxylation sites is 1. The van der Waals surface area contributed by atoms with Crippen LogP contribution >= 0.6 is 0 Å². The molecule has 0 aliphatic heterocycles. The molecule has 226 valence electrons. The van der Waals surface area contributed by atoms with E-state index in [9.17, 15) is 4.39 Å². The number of benzene rings is 4. The van der Waals surface area contributed by atoms with E-state index in [1.807, 2.05) is 70.0 Å². The Labute approximate surface area is 276 Å². The molecule has 3 heterocycles. The summed E-state index contributed by atoms with van der Waals surface area (Å²) in [5.41, 5.74) is 10.2. The molecule has 7 aromatic rings. The molecule has 0 amide bonds. The predicted octanol–water partition coefficient (Wildman–Crippen LogP) is 9.30. The minimum absolute atomic E-state index is 0. The molecule has 0 aliphatic rings. The fourth-order valence-electron chi connectivity index (χ4n) is 6.35. The van der Waals surface area contributed by atoms with Crippen LogP contribution in [0.5, 0.6) is 11.5 Å². The fourth-order valence-corrected chi connectivity index (χ4v) is 6.35. The molecule has 0 bridgehead atoms. The molecule has 0 N–H and O–H groups in total. The van der Waals surface area contributed by atoms with Crippen molar-refractivity contribution in [2.45, 2.75) is 40.5 Å². The Morgan fingerprint density at radius 2 is 1.58 bits per heavy atom. The van der Waals surface area contributed by atoms with Crippen molar-refractivity contribution in [1.82, 2.24) is 19.3 Å². The van der Waals surface area contributed by atoms with Crippen LogP contribution in [-0.4, -0.2) is 19.3 Å². The van der Waals surface area contributed by atoms with Gasteiger partial charge in [0, 0.05) is 41.0 Å². The van der Waals surface area contributed by atoms with Crippen molar-refractivity contribution in [2.24, 2.45) is 0 Å². The molecule has 3 aromatic heterocycles. The zero-order valence-corrected chi connectivity index (χ0v) is 27.7. The van der Waals surface area contributed by atoms with Gasteiger partial charge in [-0.25, -0.2) is 9.37 Å². The van der Waals surface area contributed by atoms with Gasteiger partial charge in [-0.15, -0.1) is 35.7 Å². The van der Waals surface area contributed by atoms with Crippen LogP contribution in [0.4, 0.5) is 4.39 Å². The molecule has 0 unspecified atom stereocenters. The van der Waals surface area contributed by atoms with E-state index in [0.717, 1.165) is 45.9 Å². The Kier molecular flexibility index (Phi) is 8.44. The van der Waals surface area contributed by atoms with Crippen molar-refractivity contribution in [3.63, 3.8) is 0 Å². The summed E-state index contributed by atoms with van der Waals surface area (Å²) >= 11 is 0. The zero-order chi connectivity index (χ0) is 30.4. The van der Waals surface area contributed by atoms with Gasteiger partial charge in [0.15, 0.2) is 0 Å². The Morgan fingerprint density at radius 3 is 2.33 bits per heavy atom.